The number of methoxy groups -OCH3 is 1. The first-order valence-corrected chi connectivity index (χ1v) is 15.6. The highest BCUT2D eigenvalue weighted by molar-refractivity contribution is 7.92. The lowest BCUT2D eigenvalue weighted by Gasteiger charge is -2.33. The largest absolute Gasteiger partial charge is 0.497 e. The van der Waals surface area contributed by atoms with Crippen molar-refractivity contribution in [3.05, 3.63) is 90.5 Å². The van der Waals surface area contributed by atoms with E-state index in [-0.39, 0.29) is 23.4 Å². The molecule has 0 aromatic heterocycles. The number of nitrogens with zero attached hydrogens (tertiary/aromatic N) is 2. The summed E-state index contributed by atoms with van der Waals surface area (Å²) in [5.74, 6) is -0.114. The van der Waals surface area contributed by atoms with Crippen molar-refractivity contribution in [1.29, 1.82) is 0 Å². The van der Waals surface area contributed by atoms with Crippen LogP contribution in [0.3, 0.4) is 0 Å². The molecule has 1 atom stereocenters. The van der Waals surface area contributed by atoms with Crippen LogP contribution in [0.5, 0.6) is 5.75 Å². The van der Waals surface area contributed by atoms with Crippen molar-refractivity contribution in [3.63, 3.8) is 0 Å². The molecule has 1 aliphatic rings. The number of anilines is 1. The van der Waals surface area contributed by atoms with Crippen molar-refractivity contribution < 1.29 is 22.7 Å². The van der Waals surface area contributed by atoms with Gasteiger partial charge in [-0.25, -0.2) is 8.42 Å². The van der Waals surface area contributed by atoms with Crippen molar-refractivity contribution in [2.24, 2.45) is 0 Å². The zero-order chi connectivity index (χ0) is 29.2. The monoisotopic (exact) mass is 577 g/mol. The molecular formula is C32H39N3O5S. The summed E-state index contributed by atoms with van der Waals surface area (Å²) < 4.78 is 34.0. The Hall–Kier alpha value is -3.85. The SMILES string of the molecule is COc1ccc(N(CC(=O)N(CCc2ccccc2)[C@@H](C)C(=O)NC2CCCCC2)S(=O)(=O)c2ccccc2)cc1. The van der Waals surface area contributed by atoms with Crippen LogP contribution in [0.2, 0.25) is 0 Å². The molecule has 41 heavy (non-hydrogen) atoms. The number of nitrogens with one attached hydrogen (secondary N) is 1. The predicted molar refractivity (Wildman–Crippen MR) is 160 cm³/mol. The predicted octanol–water partition coefficient (Wildman–Crippen LogP) is 4.80. The van der Waals surface area contributed by atoms with Crippen LogP contribution in [0.25, 0.3) is 0 Å². The summed E-state index contributed by atoms with van der Waals surface area (Å²) in [7, 11) is -2.56. The summed E-state index contributed by atoms with van der Waals surface area (Å²) in [5.41, 5.74) is 1.35. The van der Waals surface area contributed by atoms with E-state index < -0.39 is 28.5 Å². The Morgan fingerprint density at radius 2 is 1.51 bits per heavy atom. The molecule has 0 unspecified atom stereocenters. The molecule has 0 aliphatic heterocycles. The van der Waals surface area contributed by atoms with Gasteiger partial charge in [0.25, 0.3) is 10.0 Å². The topological polar surface area (TPSA) is 96.0 Å². The van der Waals surface area contributed by atoms with E-state index in [1.807, 2.05) is 30.3 Å². The molecule has 3 aromatic carbocycles. The molecule has 1 aliphatic carbocycles. The summed E-state index contributed by atoms with van der Waals surface area (Å²) >= 11 is 0. The fourth-order valence-corrected chi connectivity index (χ4v) is 6.57. The van der Waals surface area contributed by atoms with Gasteiger partial charge in [-0.05, 0) is 68.1 Å². The Kier molecular flexibility index (Phi) is 10.4. The lowest BCUT2D eigenvalue weighted by atomic mass is 9.95. The molecule has 0 saturated heterocycles. The third-order valence-electron chi connectivity index (χ3n) is 7.57. The van der Waals surface area contributed by atoms with Gasteiger partial charge in [0.1, 0.15) is 18.3 Å². The number of carbonyl (C=O) groups is 2. The number of ether oxygens (including phenoxy) is 1. The maximum Gasteiger partial charge on any atom is 0.264 e. The number of hydrogen-bond donors (Lipinski definition) is 1. The number of amides is 2. The zero-order valence-corrected chi connectivity index (χ0v) is 24.6. The highest BCUT2D eigenvalue weighted by Gasteiger charge is 2.33. The van der Waals surface area contributed by atoms with E-state index in [9.17, 15) is 18.0 Å². The molecule has 1 fully saturated rings. The Morgan fingerprint density at radius 3 is 2.12 bits per heavy atom. The first kappa shape index (κ1) is 30.1. The van der Waals surface area contributed by atoms with Crippen molar-refractivity contribution in [2.75, 3.05) is 24.5 Å². The van der Waals surface area contributed by atoms with E-state index >= 15 is 0 Å². The van der Waals surface area contributed by atoms with Crippen molar-refractivity contribution in [1.82, 2.24) is 10.2 Å². The lowest BCUT2D eigenvalue weighted by Crippen LogP contribution is -2.53. The minimum Gasteiger partial charge on any atom is -0.497 e. The number of carbonyl (C=O) groups excluding carboxylic acids is 2. The first-order valence-electron chi connectivity index (χ1n) is 14.1. The number of hydrogen-bond acceptors (Lipinski definition) is 5. The van der Waals surface area contributed by atoms with Crippen LogP contribution in [0.15, 0.2) is 89.8 Å². The van der Waals surface area contributed by atoms with Crippen LogP contribution in [-0.4, -0.2) is 57.4 Å². The van der Waals surface area contributed by atoms with E-state index in [1.54, 1.807) is 49.4 Å². The first-order chi connectivity index (χ1) is 19.8. The van der Waals surface area contributed by atoms with Gasteiger partial charge in [-0.15, -0.1) is 0 Å². The summed E-state index contributed by atoms with van der Waals surface area (Å²) in [6.45, 7) is 1.52. The van der Waals surface area contributed by atoms with Gasteiger partial charge in [-0.3, -0.25) is 13.9 Å². The summed E-state index contributed by atoms with van der Waals surface area (Å²) in [4.78, 5) is 28.9. The van der Waals surface area contributed by atoms with E-state index in [0.29, 0.717) is 17.9 Å². The number of benzene rings is 3. The third kappa shape index (κ3) is 7.88. The quantitative estimate of drug-likeness (QED) is 0.334. The average molecular weight is 578 g/mol. The maximum atomic E-state index is 14.0. The molecule has 2 amide bonds. The van der Waals surface area contributed by atoms with Gasteiger partial charge in [-0.1, -0.05) is 67.8 Å². The molecular weight excluding hydrogens is 538 g/mol. The standard InChI is InChI=1S/C32H39N3O5S/c1-25(32(37)33-27-14-8-4-9-15-27)34(23-22-26-12-6-3-7-13-26)31(36)24-35(28-18-20-29(40-2)21-19-28)41(38,39)30-16-10-5-11-17-30/h3,5-7,10-13,16-21,25,27H,4,8-9,14-15,22-24H2,1-2H3,(H,33,37)/t25-/m0/s1. The van der Waals surface area contributed by atoms with Gasteiger partial charge >= 0.3 is 0 Å². The van der Waals surface area contributed by atoms with Gasteiger partial charge in [-0.2, -0.15) is 0 Å². The highest BCUT2D eigenvalue weighted by atomic mass is 32.2. The summed E-state index contributed by atoms with van der Waals surface area (Å²) in [6.07, 6.45) is 5.70. The molecule has 9 heteroatoms. The van der Waals surface area contributed by atoms with Crippen LogP contribution in [-0.2, 0) is 26.0 Å². The molecule has 0 bridgehead atoms. The van der Waals surface area contributed by atoms with Crippen molar-refractivity contribution in [3.8, 4) is 5.75 Å². The number of sulfonamides is 1. The van der Waals surface area contributed by atoms with Gasteiger partial charge in [0, 0.05) is 12.6 Å². The second-order valence-corrected chi connectivity index (χ2v) is 12.2. The van der Waals surface area contributed by atoms with Crippen LogP contribution >= 0.6 is 0 Å². The lowest BCUT2D eigenvalue weighted by molar-refractivity contribution is -0.139. The van der Waals surface area contributed by atoms with E-state index in [1.165, 1.54) is 30.6 Å². The van der Waals surface area contributed by atoms with Gasteiger partial charge in [0.15, 0.2) is 0 Å². The summed E-state index contributed by atoms with van der Waals surface area (Å²) in [6, 6.07) is 23.6. The van der Waals surface area contributed by atoms with E-state index in [0.717, 1.165) is 35.6 Å². The summed E-state index contributed by atoms with van der Waals surface area (Å²) in [5, 5.41) is 3.13. The van der Waals surface area contributed by atoms with Crippen LogP contribution in [0.1, 0.15) is 44.6 Å². The molecule has 0 heterocycles. The average Bonchev–Trinajstić information content (AvgIpc) is 3.01. The zero-order valence-electron chi connectivity index (χ0n) is 23.7. The fourth-order valence-electron chi connectivity index (χ4n) is 5.14. The van der Waals surface area contributed by atoms with Crippen LogP contribution in [0, 0.1) is 0 Å². The Labute approximate surface area is 243 Å². The Bertz CT molecular complexity index is 1380. The maximum absolute atomic E-state index is 14.0. The smallest absolute Gasteiger partial charge is 0.264 e. The molecule has 0 radical (unpaired) electrons. The third-order valence-corrected chi connectivity index (χ3v) is 9.36. The van der Waals surface area contributed by atoms with Gasteiger partial charge < -0.3 is 15.0 Å². The van der Waals surface area contributed by atoms with Gasteiger partial charge in [0.05, 0.1) is 17.7 Å². The Balaban J connectivity index is 1.62. The van der Waals surface area contributed by atoms with Crippen LogP contribution < -0.4 is 14.4 Å². The fraction of sp³-hybridized carbons (Fsp3) is 0.375. The molecule has 1 N–H and O–H groups in total. The number of rotatable bonds is 12. The Morgan fingerprint density at radius 1 is 0.902 bits per heavy atom. The second-order valence-electron chi connectivity index (χ2n) is 10.4. The van der Waals surface area contributed by atoms with E-state index in [2.05, 4.69) is 5.32 Å². The molecule has 1 saturated carbocycles. The minimum absolute atomic E-state index is 0.0718. The van der Waals surface area contributed by atoms with Crippen LogP contribution in [0.4, 0.5) is 5.69 Å². The molecule has 4 rings (SSSR count). The van der Waals surface area contributed by atoms with Gasteiger partial charge in [0.2, 0.25) is 11.8 Å². The van der Waals surface area contributed by atoms with Crippen molar-refractivity contribution >= 4 is 27.5 Å². The second kappa shape index (κ2) is 14.2. The van der Waals surface area contributed by atoms with Crippen molar-refractivity contribution in [2.45, 2.75) is 62.4 Å². The molecule has 8 nitrogen and oxygen atoms in total. The normalized spacial score (nSPS) is 14.6. The molecule has 0 spiro atoms. The van der Waals surface area contributed by atoms with E-state index in [4.69, 9.17) is 4.74 Å². The highest BCUT2D eigenvalue weighted by Crippen LogP contribution is 2.26. The molecule has 218 valence electrons. The minimum atomic E-state index is -4.09. The molecule has 3 aromatic rings.